The molecule has 0 aromatic carbocycles. The molecule has 0 aliphatic heterocycles. The number of nitrogens with zero attached hydrogens (tertiary/aromatic N) is 1. The van der Waals surface area contributed by atoms with Crippen LogP contribution in [0.5, 0.6) is 0 Å². The van der Waals surface area contributed by atoms with E-state index in [0.29, 0.717) is 0 Å². The Labute approximate surface area is 79.7 Å². The molecule has 1 heterocycles. The molecule has 1 aromatic heterocycles. The maximum atomic E-state index is 12.9. The van der Waals surface area contributed by atoms with Crippen LogP contribution < -0.4 is 5.73 Å². The number of nitrogen functional groups attached to an aromatic ring is 1. The average molecular weight is 230 g/mol. The Bertz CT molecular complexity index is 372. The van der Waals surface area contributed by atoms with Crippen molar-refractivity contribution in [2.45, 2.75) is 12.6 Å². The fourth-order valence-electron chi connectivity index (χ4n) is 0.895. The highest BCUT2D eigenvalue weighted by atomic mass is 19.4. The Kier molecular flexibility index (Phi) is 2.78. The molecule has 0 spiro atoms. The Morgan fingerprint density at radius 2 is 1.80 bits per heavy atom. The molecule has 0 fully saturated rings. The lowest BCUT2D eigenvalue weighted by Crippen LogP contribution is -2.13. The van der Waals surface area contributed by atoms with Gasteiger partial charge in [0.15, 0.2) is 5.82 Å². The van der Waals surface area contributed by atoms with Gasteiger partial charge in [-0.05, 0) is 0 Å². The second-order valence-electron chi connectivity index (χ2n) is 2.58. The molecule has 1 aromatic rings. The summed E-state index contributed by atoms with van der Waals surface area (Å²) in [4.78, 5) is 2.68. The molecule has 0 radical (unpaired) electrons. The molecule has 1 rings (SSSR count). The van der Waals surface area contributed by atoms with Gasteiger partial charge in [-0.3, -0.25) is 4.98 Å². The number of pyridine rings is 1. The van der Waals surface area contributed by atoms with Gasteiger partial charge < -0.3 is 5.73 Å². The zero-order valence-corrected chi connectivity index (χ0v) is 6.95. The molecule has 0 unspecified atom stereocenters. The van der Waals surface area contributed by atoms with Gasteiger partial charge in [0.2, 0.25) is 0 Å². The smallest absolute Gasteiger partial charge is 0.396 e. The number of nitrogens with two attached hydrogens (primary N) is 1. The lowest BCUT2D eigenvalue weighted by molar-refractivity contribution is -0.137. The molecule has 8 heteroatoms. The van der Waals surface area contributed by atoms with E-state index in [1.54, 1.807) is 0 Å². The van der Waals surface area contributed by atoms with Gasteiger partial charge in [0.05, 0.1) is 11.3 Å². The van der Waals surface area contributed by atoms with E-state index in [9.17, 15) is 26.3 Å². The van der Waals surface area contributed by atoms with Crippen molar-refractivity contribution < 1.29 is 26.3 Å². The highest BCUT2D eigenvalue weighted by molar-refractivity contribution is 5.49. The van der Waals surface area contributed by atoms with Crippen LogP contribution >= 0.6 is 0 Å². The van der Waals surface area contributed by atoms with E-state index < -0.39 is 35.4 Å². The largest absolute Gasteiger partial charge is 0.419 e. The summed E-state index contributed by atoms with van der Waals surface area (Å²) in [7, 11) is 0. The molecule has 0 aliphatic rings. The summed E-state index contributed by atoms with van der Waals surface area (Å²) >= 11 is 0. The summed E-state index contributed by atoms with van der Waals surface area (Å²) in [6.45, 7) is 0. The minimum absolute atomic E-state index is 0.0832. The van der Waals surface area contributed by atoms with Crippen molar-refractivity contribution in [3.63, 3.8) is 0 Å². The number of anilines is 1. The number of aromatic nitrogens is 1. The molecule has 0 saturated carbocycles. The molecule has 0 aliphatic carbocycles. The molecule has 2 nitrogen and oxygen atoms in total. The van der Waals surface area contributed by atoms with Crippen molar-refractivity contribution in [2.75, 3.05) is 5.73 Å². The van der Waals surface area contributed by atoms with Crippen LogP contribution in [-0.4, -0.2) is 4.98 Å². The summed E-state index contributed by atoms with van der Waals surface area (Å²) < 4.78 is 73.1. The zero-order valence-electron chi connectivity index (χ0n) is 6.95. The van der Waals surface area contributed by atoms with Crippen molar-refractivity contribution in [1.82, 2.24) is 4.98 Å². The van der Waals surface area contributed by atoms with Crippen molar-refractivity contribution in [2.24, 2.45) is 0 Å². The normalized spacial score (nSPS) is 12.2. The van der Waals surface area contributed by atoms with E-state index in [0.717, 1.165) is 0 Å². The second kappa shape index (κ2) is 3.59. The Morgan fingerprint density at radius 1 is 1.27 bits per heavy atom. The van der Waals surface area contributed by atoms with Crippen LogP contribution in [0, 0.1) is 5.82 Å². The molecular weight excluding hydrogens is 226 g/mol. The van der Waals surface area contributed by atoms with Gasteiger partial charge in [-0.15, -0.1) is 0 Å². The molecule has 84 valence electrons. The summed E-state index contributed by atoms with van der Waals surface area (Å²) in [6.07, 6.45) is -8.15. The first-order valence-electron chi connectivity index (χ1n) is 3.54. The number of halogens is 6. The van der Waals surface area contributed by atoms with Gasteiger partial charge in [0, 0.05) is 6.20 Å². The van der Waals surface area contributed by atoms with Gasteiger partial charge in [-0.25, -0.2) is 13.2 Å². The van der Waals surface area contributed by atoms with Gasteiger partial charge >= 0.3 is 6.18 Å². The van der Waals surface area contributed by atoms with Crippen LogP contribution in [0.2, 0.25) is 0 Å². The third kappa shape index (κ3) is 2.13. The number of alkyl halides is 5. The van der Waals surface area contributed by atoms with E-state index in [-0.39, 0.29) is 6.20 Å². The minimum atomic E-state index is -4.92. The quantitative estimate of drug-likeness (QED) is 0.753. The lowest BCUT2D eigenvalue weighted by Gasteiger charge is -2.11. The second-order valence-corrected chi connectivity index (χ2v) is 2.58. The van der Waals surface area contributed by atoms with Gasteiger partial charge in [0.1, 0.15) is 5.69 Å². The van der Waals surface area contributed by atoms with Crippen LogP contribution in [0.4, 0.5) is 32.0 Å². The Hall–Kier alpha value is -1.47. The van der Waals surface area contributed by atoms with Crippen LogP contribution in [0.3, 0.4) is 0 Å². The van der Waals surface area contributed by atoms with Crippen LogP contribution in [0.15, 0.2) is 6.20 Å². The fourth-order valence-corrected chi connectivity index (χ4v) is 0.895. The highest BCUT2D eigenvalue weighted by Gasteiger charge is 2.36. The Morgan fingerprint density at radius 3 is 2.20 bits per heavy atom. The van der Waals surface area contributed by atoms with E-state index >= 15 is 0 Å². The molecule has 0 amide bonds. The number of rotatable bonds is 1. The minimum Gasteiger partial charge on any atom is -0.396 e. The maximum Gasteiger partial charge on any atom is 0.419 e. The van der Waals surface area contributed by atoms with Crippen LogP contribution in [0.1, 0.15) is 17.7 Å². The monoisotopic (exact) mass is 230 g/mol. The summed E-state index contributed by atoms with van der Waals surface area (Å²) in [5.41, 5.74) is 0.417. The van der Waals surface area contributed by atoms with E-state index in [2.05, 4.69) is 4.98 Å². The third-order valence-corrected chi connectivity index (χ3v) is 1.60. The van der Waals surface area contributed by atoms with Crippen molar-refractivity contribution in [1.29, 1.82) is 0 Å². The first-order chi connectivity index (χ1) is 6.75. The predicted octanol–water partition coefficient (Wildman–Crippen LogP) is 2.76. The van der Waals surface area contributed by atoms with Crippen molar-refractivity contribution in [3.05, 3.63) is 23.3 Å². The average Bonchev–Trinajstić information content (AvgIpc) is 2.06. The van der Waals surface area contributed by atoms with E-state index in [1.807, 2.05) is 0 Å². The van der Waals surface area contributed by atoms with Crippen molar-refractivity contribution >= 4 is 5.69 Å². The first kappa shape index (κ1) is 11.6. The molecule has 0 saturated heterocycles. The SMILES string of the molecule is Nc1c(C(F)(F)F)cnc(C(F)F)c1F. The molecule has 0 atom stereocenters. The molecule has 15 heavy (non-hydrogen) atoms. The van der Waals surface area contributed by atoms with Crippen LogP contribution in [0.25, 0.3) is 0 Å². The topological polar surface area (TPSA) is 38.9 Å². The number of hydrogen-bond donors (Lipinski definition) is 1. The maximum absolute atomic E-state index is 12.9. The van der Waals surface area contributed by atoms with E-state index in [1.165, 1.54) is 0 Å². The molecular formula is C7H4F6N2. The Balaban J connectivity index is 3.34. The molecule has 2 N–H and O–H groups in total. The molecule has 0 bridgehead atoms. The zero-order chi connectivity index (χ0) is 11.8. The number of hydrogen-bond acceptors (Lipinski definition) is 2. The van der Waals surface area contributed by atoms with Gasteiger partial charge in [-0.1, -0.05) is 0 Å². The predicted molar refractivity (Wildman–Crippen MR) is 38.6 cm³/mol. The lowest BCUT2D eigenvalue weighted by atomic mass is 10.2. The first-order valence-corrected chi connectivity index (χ1v) is 3.54. The summed E-state index contributed by atoms with van der Waals surface area (Å²) in [5, 5.41) is 0. The fraction of sp³-hybridized carbons (Fsp3) is 0.286. The standard InChI is InChI=1S/C7H4F6N2/c8-3-4(14)2(7(11,12)13)1-15-5(3)6(9)10/h1,6H,(H2,14,15). The van der Waals surface area contributed by atoms with Gasteiger partial charge in [0.25, 0.3) is 6.43 Å². The van der Waals surface area contributed by atoms with Gasteiger partial charge in [-0.2, -0.15) is 13.2 Å². The van der Waals surface area contributed by atoms with Crippen LogP contribution in [-0.2, 0) is 6.18 Å². The summed E-state index contributed by atoms with van der Waals surface area (Å²) in [6, 6.07) is 0. The van der Waals surface area contributed by atoms with E-state index in [4.69, 9.17) is 5.73 Å². The summed E-state index contributed by atoms with van der Waals surface area (Å²) in [5.74, 6) is -1.83. The van der Waals surface area contributed by atoms with Crippen molar-refractivity contribution in [3.8, 4) is 0 Å². The third-order valence-electron chi connectivity index (χ3n) is 1.60. The highest BCUT2D eigenvalue weighted by Crippen LogP contribution is 2.36.